The predicted octanol–water partition coefficient (Wildman–Crippen LogP) is 1.08. The van der Waals surface area contributed by atoms with Crippen molar-refractivity contribution in [3.8, 4) is 0 Å². The lowest BCUT2D eigenvalue weighted by Crippen LogP contribution is -2.29. The highest BCUT2D eigenvalue weighted by atomic mass is 32.2. The summed E-state index contributed by atoms with van der Waals surface area (Å²) in [6, 6.07) is 6.48. The van der Waals surface area contributed by atoms with Gasteiger partial charge in [0.05, 0.1) is 16.8 Å². The zero-order chi connectivity index (χ0) is 18.5. The Morgan fingerprint density at radius 3 is 2.81 bits per heavy atom. The number of pyridine rings is 1. The molecule has 0 atom stereocenters. The average molecular weight is 371 g/mol. The fraction of sp³-hybridized carbons (Fsp3) is 0.235. The van der Waals surface area contributed by atoms with Crippen molar-refractivity contribution in [3.05, 3.63) is 47.9 Å². The smallest absolute Gasteiger partial charge is 0.260 e. The Morgan fingerprint density at radius 2 is 2.04 bits per heavy atom. The molecule has 0 saturated carbocycles. The minimum atomic E-state index is -3.51. The molecule has 2 aromatic heterocycles. The second-order valence-corrected chi connectivity index (χ2v) is 7.98. The van der Waals surface area contributed by atoms with Crippen LogP contribution in [0.3, 0.4) is 0 Å². The molecule has 0 unspecified atom stereocenters. The number of nitrogens with one attached hydrogen (secondary N) is 1. The number of amides is 1. The first-order valence-corrected chi connectivity index (χ1v) is 9.55. The van der Waals surface area contributed by atoms with Gasteiger partial charge in [-0.3, -0.25) is 4.79 Å². The van der Waals surface area contributed by atoms with Crippen molar-refractivity contribution >= 4 is 32.8 Å². The molecule has 1 aliphatic rings. The standard InChI is InChI=1S/C17H17N5O3S/c1-18-26(24,25)12-3-4-14-11(9-12)6-8-22(14)17(23)13-5-7-19-16-15(13)20-10-21(16)2/h3-5,7,9-10,18H,6,8H2,1-2H3. The number of rotatable bonds is 3. The second kappa shape index (κ2) is 5.89. The van der Waals surface area contributed by atoms with Crippen LogP contribution in [0.4, 0.5) is 5.69 Å². The van der Waals surface area contributed by atoms with Crippen LogP contribution in [0.5, 0.6) is 0 Å². The highest BCUT2D eigenvalue weighted by Gasteiger charge is 2.28. The van der Waals surface area contributed by atoms with Gasteiger partial charge in [0.1, 0.15) is 5.52 Å². The zero-order valence-electron chi connectivity index (χ0n) is 14.3. The van der Waals surface area contributed by atoms with E-state index in [-0.39, 0.29) is 10.8 Å². The van der Waals surface area contributed by atoms with Crippen LogP contribution in [-0.2, 0) is 23.5 Å². The second-order valence-electron chi connectivity index (χ2n) is 6.09. The molecule has 1 amide bonds. The molecule has 0 spiro atoms. The van der Waals surface area contributed by atoms with Crippen molar-refractivity contribution in [3.63, 3.8) is 0 Å². The molecule has 1 aromatic carbocycles. The van der Waals surface area contributed by atoms with E-state index in [1.54, 1.807) is 40.2 Å². The lowest BCUT2D eigenvalue weighted by molar-refractivity contribution is 0.0990. The van der Waals surface area contributed by atoms with Gasteiger partial charge in [-0.2, -0.15) is 0 Å². The van der Waals surface area contributed by atoms with E-state index < -0.39 is 10.0 Å². The van der Waals surface area contributed by atoms with Gasteiger partial charge in [-0.15, -0.1) is 0 Å². The third-order valence-corrected chi connectivity index (χ3v) is 6.01. The molecule has 0 bridgehead atoms. The lowest BCUT2D eigenvalue weighted by atomic mass is 10.1. The summed E-state index contributed by atoms with van der Waals surface area (Å²) >= 11 is 0. The average Bonchev–Trinajstić information content (AvgIpc) is 3.24. The summed E-state index contributed by atoms with van der Waals surface area (Å²) < 4.78 is 28.0. The fourth-order valence-corrected chi connectivity index (χ4v) is 4.00. The summed E-state index contributed by atoms with van der Waals surface area (Å²) in [4.78, 5) is 23.5. The maximum absolute atomic E-state index is 13.1. The van der Waals surface area contributed by atoms with E-state index in [4.69, 9.17) is 0 Å². The summed E-state index contributed by atoms with van der Waals surface area (Å²) in [5.74, 6) is -0.168. The zero-order valence-corrected chi connectivity index (χ0v) is 15.1. The van der Waals surface area contributed by atoms with Gasteiger partial charge < -0.3 is 9.47 Å². The van der Waals surface area contributed by atoms with Crippen molar-refractivity contribution in [1.82, 2.24) is 19.3 Å². The molecule has 9 heteroatoms. The van der Waals surface area contributed by atoms with Crippen LogP contribution < -0.4 is 9.62 Å². The minimum absolute atomic E-state index is 0.168. The lowest BCUT2D eigenvalue weighted by Gasteiger charge is -2.18. The third-order valence-electron chi connectivity index (χ3n) is 4.60. The number of carbonyl (C=O) groups excluding carboxylic acids is 1. The van der Waals surface area contributed by atoms with Gasteiger partial charge in [0.2, 0.25) is 10.0 Å². The van der Waals surface area contributed by atoms with E-state index in [9.17, 15) is 13.2 Å². The van der Waals surface area contributed by atoms with Gasteiger partial charge in [0.15, 0.2) is 5.65 Å². The maximum Gasteiger partial charge on any atom is 0.260 e. The van der Waals surface area contributed by atoms with E-state index in [0.717, 1.165) is 11.3 Å². The first-order chi connectivity index (χ1) is 12.4. The fourth-order valence-electron chi connectivity index (χ4n) is 3.22. The molecule has 1 N–H and O–H groups in total. The topological polar surface area (TPSA) is 97.2 Å². The Hall–Kier alpha value is -2.78. The van der Waals surface area contributed by atoms with Crippen LogP contribution in [0.2, 0.25) is 0 Å². The molecule has 0 aliphatic carbocycles. The molecule has 134 valence electrons. The molecule has 0 fully saturated rings. The number of fused-ring (bicyclic) bond motifs is 2. The molecular weight excluding hydrogens is 354 g/mol. The number of sulfonamides is 1. The number of hydrogen-bond acceptors (Lipinski definition) is 5. The summed E-state index contributed by atoms with van der Waals surface area (Å²) in [5, 5.41) is 0. The predicted molar refractivity (Wildman–Crippen MR) is 96.6 cm³/mol. The number of hydrogen-bond donors (Lipinski definition) is 1. The molecule has 4 rings (SSSR count). The van der Waals surface area contributed by atoms with E-state index in [1.165, 1.54) is 13.1 Å². The number of anilines is 1. The van der Waals surface area contributed by atoms with Crippen LogP contribution in [0, 0.1) is 0 Å². The van der Waals surface area contributed by atoms with Gasteiger partial charge in [-0.05, 0) is 43.3 Å². The normalized spacial score (nSPS) is 14.0. The van der Waals surface area contributed by atoms with Crippen molar-refractivity contribution < 1.29 is 13.2 Å². The summed E-state index contributed by atoms with van der Waals surface area (Å²) in [6.45, 7) is 0.494. The number of nitrogens with zero attached hydrogens (tertiary/aromatic N) is 4. The highest BCUT2D eigenvalue weighted by Crippen LogP contribution is 2.32. The Kier molecular flexibility index (Phi) is 3.78. The summed E-state index contributed by atoms with van der Waals surface area (Å²) in [5.41, 5.74) is 3.25. The Bertz CT molecular complexity index is 1140. The Morgan fingerprint density at radius 1 is 1.23 bits per heavy atom. The quantitative estimate of drug-likeness (QED) is 0.743. The van der Waals surface area contributed by atoms with E-state index >= 15 is 0 Å². The maximum atomic E-state index is 13.1. The van der Waals surface area contributed by atoms with Gasteiger partial charge >= 0.3 is 0 Å². The number of aromatic nitrogens is 3. The highest BCUT2D eigenvalue weighted by molar-refractivity contribution is 7.89. The van der Waals surface area contributed by atoms with Crippen LogP contribution in [0.1, 0.15) is 15.9 Å². The molecule has 0 radical (unpaired) electrons. The first-order valence-electron chi connectivity index (χ1n) is 8.07. The van der Waals surface area contributed by atoms with Crippen LogP contribution >= 0.6 is 0 Å². The van der Waals surface area contributed by atoms with Gasteiger partial charge in [0.25, 0.3) is 5.91 Å². The minimum Gasteiger partial charge on any atom is -0.318 e. The van der Waals surface area contributed by atoms with E-state index in [0.29, 0.717) is 29.7 Å². The van der Waals surface area contributed by atoms with Crippen LogP contribution in [0.15, 0.2) is 41.7 Å². The number of benzene rings is 1. The third kappa shape index (κ3) is 2.47. The molecule has 3 aromatic rings. The van der Waals surface area contributed by atoms with Crippen molar-refractivity contribution in [1.29, 1.82) is 0 Å². The first kappa shape index (κ1) is 16.7. The van der Waals surface area contributed by atoms with E-state index in [2.05, 4.69) is 14.7 Å². The SMILES string of the molecule is CNS(=O)(=O)c1ccc2c(c1)CCN2C(=O)c1ccnc2c1ncn2C. The largest absolute Gasteiger partial charge is 0.318 e. The Balaban J connectivity index is 1.74. The monoisotopic (exact) mass is 371 g/mol. The summed E-state index contributed by atoms with van der Waals surface area (Å²) in [6.07, 6.45) is 3.82. The molecule has 0 saturated heterocycles. The number of carbonyl (C=O) groups is 1. The van der Waals surface area contributed by atoms with Crippen molar-refractivity contribution in [2.24, 2.45) is 7.05 Å². The van der Waals surface area contributed by atoms with Crippen molar-refractivity contribution in [2.75, 3.05) is 18.5 Å². The summed E-state index contributed by atoms with van der Waals surface area (Å²) in [7, 11) is -0.310. The van der Waals surface area contributed by atoms with Crippen molar-refractivity contribution in [2.45, 2.75) is 11.3 Å². The molecule has 8 nitrogen and oxygen atoms in total. The molecule has 1 aliphatic heterocycles. The number of imidazole rings is 1. The molecule has 3 heterocycles. The van der Waals surface area contributed by atoms with Gasteiger partial charge in [0, 0.05) is 25.5 Å². The Labute approximate surface area is 150 Å². The van der Waals surface area contributed by atoms with E-state index in [1.807, 2.05) is 7.05 Å². The molecule has 26 heavy (non-hydrogen) atoms. The van der Waals surface area contributed by atoms with Gasteiger partial charge in [-0.1, -0.05) is 0 Å². The van der Waals surface area contributed by atoms with Gasteiger partial charge in [-0.25, -0.2) is 23.1 Å². The van der Waals surface area contributed by atoms with Crippen LogP contribution in [-0.4, -0.2) is 42.5 Å². The number of aryl methyl sites for hydroxylation is 1. The molecular formula is C17H17N5O3S. The van der Waals surface area contributed by atoms with Crippen LogP contribution in [0.25, 0.3) is 11.2 Å².